The fourth-order valence-corrected chi connectivity index (χ4v) is 2.17. The first-order valence-corrected chi connectivity index (χ1v) is 6.13. The summed E-state index contributed by atoms with van der Waals surface area (Å²) in [6.45, 7) is 1.04. The van der Waals surface area contributed by atoms with Crippen LogP contribution in [0, 0.1) is 11.9 Å². The molecule has 2 aromatic heterocycles. The summed E-state index contributed by atoms with van der Waals surface area (Å²) in [5, 5.41) is 4.85. The average Bonchev–Trinajstić information content (AvgIpc) is 3.03. The predicted octanol–water partition coefficient (Wildman–Crippen LogP) is 1.58. The molecule has 0 bridgehead atoms. The maximum absolute atomic E-state index is 13.8. The van der Waals surface area contributed by atoms with E-state index in [0.717, 1.165) is 5.39 Å². The molecule has 1 aromatic carbocycles. The third kappa shape index (κ3) is 2.16. The van der Waals surface area contributed by atoms with E-state index in [0.29, 0.717) is 18.6 Å². The highest BCUT2D eigenvalue weighted by Gasteiger charge is 2.08. The number of carbonyl (C=O) groups excluding carboxylic acids is 1. The molecular weight excluding hydrogens is 259 g/mol. The van der Waals surface area contributed by atoms with Crippen LogP contribution in [0.4, 0.5) is 4.39 Å². The lowest BCUT2D eigenvalue weighted by Crippen LogP contribution is -2.13. The van der Waals surface area contributed by atoms with Crippen molar-refractivity contribution in [2.24, 2.45) is 5.73 Å². The maximum Gasteiger partial charge on any atom is 0.269 e. The first-order chi connectivity index (χ1) is 9.65. The number of halogens is 1. The zero-order valence-corrected chi connectivity index (χ0v) is 10.6. The molecule has 101 valence electrons. The van der Waals surface area contributed by atoms with Crippen LogP contribution in [0.25, 0.3) is 10.9 Å². The van der Waals surface area contributed by atoms with Crippen molar-refractivity contribution < 1.29 is 9.18 Å². The highest BCUT2D eigenvalue weighted by Crippen LogP contribution is 2.19. The maximum atomic E-state index is 13.8. The third-order valence-corrected chi connectivity index (χ3v) is 3.12. The van der Waals surface area contributed by atoms with Gasteiger partial charge in [-0.2, -0.15) is 5.10 Å². The minimum absolute atomic E-state index is 0.105. The highest BCUT2D eigenvalue weighted by atomic mass is 19.1. The van der Waals surface area contributed by atoms with Crippen molar-refractivity contribution in [1.29, 1.82) is 0 Å². The number of amides is 1. The summed E-state index contributed by atoms with van der Waals surface area (Å²) in [5.74, 6) is -0.862. The number of para-hydroxylation sites is 1. The highest BCUT2D eigenvalue weighted by molar-refractivity contribution is 5.90. The number of fused-ring (bicyclic) bond motifs is 1. The second kappa shape index (κ2) is 4.80. The second-order valence-corrected chi connectivity index (χ2v) is 4.44. The summed E-state index contributed by atoms with van der Waals surface area (Å²) in [7, 11) is 0. The van der Waals surface area contributed by atoms with Gasteiger partial charge in [0.1, 0.15) is 5.82 Å². The van der Waals surface area contributed by atoms with Gasteiger partial charge in [0.05, 0.1) is 12.1 Å². The summed E-state index contributed by atoms with van der Waals surface area (Å²) in [6, 6.07) is 9.52. The van der Waals surface area contributed by atoms with E-state index >= 15 is 0 Å². The predicted molar refractivity (Wildman–Crippen MR) is 71.5 cm³/mol. The van der Waals surface area contributed by atoms with Gasteiger partial charge in [0.15, 0.2) is 5.69 Å². The van der Waals surface area contributed by atoms with Crippen molar-refractivity contribution in [2.45, 2.75) is 13.1 Å². The van der Waals surface area contributed by atoms with Gasteiger partial charge in [0.25, 0.3) is 5.91 Å². The number of benzene rings is 1. The number of nitrogens with zero attached hydrogens (tertiary/aromatic N) is 3. The molecule has 0 unspecified atom stereocenters. The van der Waals surface area contributed by atoms with Crippen molar-refractivity contribution in [2.75, 3.05) is 0 Å². The Hall–Kier alpha value is -2.63. The van der Waals surface area contributed by atoms with Gasteiger partial charge in [-0.25, -0.2) is 4.39 Å². The Kier molecular flexibility index (Phi) is 2.98. The van der Waals surface area contributed by atoms with E-state index in [2.05, 4.69) is 11.2 Å². The molecular formula is C14H12FN4O. The van der Waals surface area contributed by atoms with E-state index in [9.17, 15) is 9.18 Å². The minimum atomic E-state index is -0.610. The zero-order chi connectivity index (χ0) is 14.1. The van der Waals surface area contributed by atoms with Crippen LogP contribution in [-0.4, -0.2) is 20.3 Å². The van der Waals surface area contributed by atoms with Crippen LogP contribution >= 0.6 is 0 Å². The van der Waals surface area contributed by atoms with E-state index in [1.807, 2.05) is 22.9 Å². The fraction of sp³-hybridized carbons (Fsp3) is 0.143. The van der Waals surface area contributed by atoms with E-state index in [-0.39, 0.29) is 11.5 Å². The molecule has 0 saturated heterocycles. The lowest BCUT2D eigenvalue weighted by molar-refractivity contribution is 0.0994. The van der Waals surface area contributed by atoms with Crippen LogP contribution in [0.5, 0.6) is 0 Å². The van der Waals surface area contributed by atoms with Gasteiger partial charge in [-0.1, -0.05) is 12.1 Å². The Morgan fingerprint density at radius 2 is 2.20 bits per heavy atom. The molecule has 5 nitrogen and oxygen atoms in total. The average molecular weight is 271 g/mol. The van der Waals surface area contributed by atoms with Gasteiger partial charge in [0, 0.05) is 30.4 Å². The minimum Gasteiger partial charge on any atom is -0.364 e. The number of rotatable bonds is 4. The fourth-order valence-electron chi connectivity index (χ4n) is 2.17. The van der Waals surface area contributed by atoms with Gasteiger partial charge in [0.2, 0.25) is 0 Å². The summed E-state index contributed by atoms with van der Waals surface area (Å²) in [5.41, 5.74) is 5.78. The van der Waals surface area contributed by atoms with Crippen molar-refractivity contribution in [3.05, 3.63) is 54.2 Å². The molecule has 1 radical (unpaired) electrons. The smallest absolute Gasteiger partial charge is 0.269 e. The number of hydrogen-bond donors (Lipinski definition) is 1. The number of nitrogens with two attached hydrogens (primary N) is 1. The monoisotopic (exact) mass is 271 g/mol. The van der Waals surface area contributed by atoms with Gasteiger partial charge in [-0.05, 0) is 12.1 Å². The number of hydrogen-bond acceptors (Lipinski definition) is 2. The summed E-state index contributed by atoms with van der Waals surface area (Å²) < 4.78 is 17.2. The van der Waals surface area contributed by atoms with Crippen molar-refractivity contribution >= 4 is 16.8 Å². The zero-order valence-electron chi connectivity index (χ0n) is 10.6. The Bertz CT molecular complexity index is 774. The first-order valence-electron chi connectivity index (χ1n) is 6.13. The van der Waals surface area contributed by atoms with E-state index < -0.39 is 5.91 Å². The van der Waals surface area contributed by atoms with Gasteiger partial charge in [-0.3, -0.25) is 9.48 Å². The molecule has 3 rings (SSSR count). The quantitative estimate of drug-likeness (QED) is 0.782. The molecule has 0 aliphatic carbocycles. The standard InChI is InChI=1S/C14H12FN4O/c15-11-3-1-2-10-4-6-18(13(10)11)8-9-19-7-5-12(17-19)14(16)20/h1-4,6-7H,8-9H2,(H2,16,20). The van der Waals surface area contributed by atoms with Crippen molar-refractivity contribution in [3.8, 4) is 0 Å². The van der Waals surface area contributed by atoms with Crippen molar-refractivity contribution in [3.63, 3.8) is 0 Å². The van der Waals surface area contributed by atoms with Crippen LogP contribution in [-0.2, 0) is 13.1 Å². The van der Waals surface area contributed by atoms with Gasteiger partial charge >= 0.3 is 0 Å². The SMILES string of the molecule is NC(=O)c1[c]cn(CCn2ccc3cccc(F)c32)n1. The molecule has 3 aromatic rings. The second-order valence-electron chi connectivity index (χ2n) is 4.44. The molecule has 2 heterocycles. The Morgan fingerprint density at radius 1 is 1.35 bits per heavy atom. The molecule has 0 aliphatic heterocycles. The van der Waals surface area contributed by atoms with Gasteiger partial charge < -0.3 is 10.3 Å². The molecule has 1 amide bonds. The summed E-state index contributed by atoms with van der Waals surface area (Å²) in [6.07, 6.45) is 3.39. The molecule has 6 heteroatoms. The van der Waals surface area contributed by atoms with E-state index in [1.165, 1.54) is 6.07 Å². The summed E-state index contributed by atoms with van der Waals surface area (Å²) in [4.78, 5) is 10.9. The lowest BCUT2D eigenvalue weighted by atomic mass is 10.2. The topological polar surface area (TPSA) is 65.8 Å². The number of primary amides is 1. The van der Waals surface area contributed by atoms with Crippen molar-refractivity contribution in [1.82, 2.24) is 14.3 Å². The first kappa shape index (κ1) is 12.4. The molecule has 0 aliphatic rings. The number of aryl methyl sites for hydroxylation is 2. The van der Waals surface area contributed by atoms with Crippen LogP contribution in [0.1, 0.15) is 10.5 Å². The van der Waals surface area contributed by atoms with E-state index in [1.54, 1.807) is 16.9 Å². The molecule has 0 saturated carbocycles. The van der Waals surface area contributed by atoms with Crippen LogP contribution < -0.4 is 5.73 Å². The molecule has 0 spiro atoms. The normalized spacial score (nSPS) is 11.1. The Balaban J connectivity index is 1.81. The van der Waals surface area contributed by atoms with Crippen LogP contribution in [0.2, 0.25) is 0 Å². The van der Waals surface area contributed by atoms with Crippen LogP contribution in [0.15, 0.2) is 36.7 Å². The molecule has 2 N–H and O–H groups in total. The lowest BCUT2D eigenvalue weighted by Gasteiger charge is -2.06. The van der Waals surface area contributed by atoms with Gasteiger partial charge in [-0.15, -0.1) is 0 Å². The molecule has 0 fully saturated rings. The summed E-state index contributed by atoms with van der Waals surface area (Å²) >= 11 is 0. The van der Waals surface area contributed by atoms with E-state index in [4.69, 9.17) is 5.73 Å². The largest absolute Gasteiger partial charge is 0.364 e. The number of carbonyl (C=O) groups is 1. The Morgan fingerprint density at radius 3 is 2.95 bits per heavy atom. The molecule has 20 heavy (non-hydrogen) atoms. The molecule has 0 atom stereocenters. The van der Waals surface area contributed by atoms with Crippen LogP contribution in [0.3, 0.4) is 0 Å². The Labute approximate surface area is 114 Å². The third-order valence-electron chi connectivity index (χ3n) is 3.12. The number of aromatic nitrogens is 3.